The van der Waals surface area contributed by atoms with E-state index in [4.69, 9.17) is 10.1 Å². The molecule has 1 aromatic heterocycles. The highest BCUT2D eigenvalue weighted by molar-refractivity contribution is 5.80. The number of hydrogen-bond donors (Lipinski definition) is 2. The molecular weight excluding hydrogens is 366 g/mol. The number of amides is 1. The van der Waals surface area contributed by atoms with Gasteiger partial charge in [0.05, 0.1) is 13.2 Å². The number of rotatable bonds is 7. The van der Waals surface area contributed by atoms with Crippen LogP contribution in [0.2, 0.25) is 0 Å². The van der Waals surface area contributed by atoms with Crippen LogP contribution in [0.3, 0.4) is 0 Å². The summed E-state index contributed by atoms with van der Waals surface area (Å²) in [6.45, 7) is 1.83. The Morgan fingerprint density at radius 2 is 2.00 bits per heavy atom. The lowest BCUT2D eigenvalue weighted by molar-refractivity contribution is -0.125. The number of ether oxygens (including phenoxy) is 1. The molecule has 29 heavy (non-hydrogen) atoms. The van der Waals surface area contributed by atoms with E-state index in [1.54, 1.807) is 13.3 Å². The molecule has 2 aromatic rings. The first-order valence-electron chi connectivity index (χ1n) is 10.1. The third kappa shape index (κ3) is 4.23. The van der Waals surface area contributed by atoms with E-state index in [0.717, 1.165) is 37.3 Å². The summed E-state index contributed by atoms with van der Waals surface area (Å²) >= 11 is 0. The average Bonchev–Trinajstić information content (AvgIpc) is 3.34. The van der Waals surface area contributed by atoms with E-state index < -0.39 is 0 Å². The van der Waals surface area contributed by atoms with E-state index in [2.05, 4.69) is 20.2 Å². The van der Waals surface area contributed by atoms with E-state index in [1.807, 2.05) is 36.4 Å². The molecule has 4 rings (SSSR count). The Hall–Kier alpha value is -2.96. The van der Waals surface area contributed by atoms with Crippen molar-refractivity contribution >= 4 is 17.9 Å². The van der Waals surface area contributed by atoms with Gasteiger partial charge < -0.3 is 20.4 Å². The Morgan fingerprint density at radius 1 is 1.28 bits per heavy atom. The number of benzene rings is 1. The maximum atomic E-state index is 12.9. The number of nitrogens with zero attached hydrogens (tertiary/aromatic N) is 3. The van der Waals surface area contributed by atoms with Gasteiger partial charge in [-0.25, -0.2) is 4.98 Å². The van der Waals surface area contributed by atoms with Crippen LogP contribution in [-0.4, -0.2) is 42.3 Å². The van der Waals surface area contributed by atoms with E-state index in [9.17, 15) is 4.79 Å². The number of methoxy groups -OCH3 is 1. The monoisotopic (exact) mass is 393 g/mol. The van der Waals surface area contributed by atoms with Gasteiger partial charge in [0.25, 0.3) is 0 Å². The zero-order chi connectivity index (χ0) is 20.2. The summed E-state index contributed by atoms with van der Waals surface area (Å²) < 4.78 is 5.13. The fourth-order valence-electron chi connectivity index (χ4n) is 4.68. The highest BCUT2D eigenvalue weighted by Crippen LogP contribution is 2.43. The van der Waals surface area contributed by atoms with Gasteiger partial charge in [0.2, 0.25) is 5.91 Å². The molecule has 2 aliphatic rings. The Balaban J connectivity index is 1.36. The summed E-state index contributed by atoms with van der Waals surface area (Å²) in [5.74, 6) is 2.06. The Morgan fingerprint density at radius 3 is 2.66 bits per heavy atom. The predicted octanol–water partition coefficient (Wildman–Crippen LogP) is 2.84. The van der Waals surface area contributed by atoms with Gasteiger partial charge in [-0.15, -0.1) is 0 Å². The molecule has 0 bridgehead atoms. The molecule has 152 valence electrons. The molecule has 1 aliphatic carbocycles. The van der Waals surface area contributed by atoms with Crippen LogP contribution in [0.1, 0.15) is 30.9 Å². The number of hydrogen-bond acceptors (Lipinski definition) is 6. The van der Waals surface area contributed by atoms with Crippen LogP contribution >= 0.6 is 0 Å². The van der Waals surface area contributed by atoms with Crippen LogP contribution in [0.25, 0.3) is 0 Å². The highest BCUT2D eigenvalue weighted by atomic mass is 16.5. The minimum Gasteiger partial charge on any atom is -0.467 e. The fourth-order valence-corrected chi connectivity index (χ4v) is 4.68. The van der Waals surface area contributed by atoms with Crippen molar-refractivity contribution in [3.05, 3.63) is 48.2 Å². The van der Waals surface area contributed by atoms with E-state index in [-0.39, 0.29) is 17.9 Å². The van der Waals surface area contributed by atoms with Gasteiger partial charge in [0, 0.05) is 31.6 Å². The largest absolute Gasteiger partial charge is 0.467 e. The highest BCUT2D eigenvalue weighted by Gasteiger charge is 2.43. The van der Waals surface area contributed by atoms with Crippen molar-refractivity contribution in [1.29, 1.82) is 5.41 Å². The molecule has 0 radical (unpaired) electrons. The van der Waals surface area contributed by atoms with Gasteiger partial charge in [-0.3, -0.25) is 4.79 Å². The summed E-state index contributed by atoms with van der Waals surface area (Å²) in [7, 11) is 1.57. The van der Waals surface area contributed by atoms with Crippen LogP contribution in [0, 0.1) is 23.2 Å². The number of carbonyl (C=O) groups excluding carboxylic acids is 1. The van der Waals surface area contributed by atoms with Crippen LogP contribution in [0.5, 0.6) is 6.01 Å². The molecule has 1 aliphatic heterocycles. The minimum atomic E-state index is -0.133. The summed E-state index contributed by atoms with van der Waals surface area (Å²) in [4.78, 5) is 23.7. The zero-order valence-corrected chi connectivity index (χ0v) is 16.6. The second-order valence-corrected chi connectivity index (χ2v) is 7.91. The van der Waals surface area contributed by atoms with E-state index in [0.29, 0.717) is 24.3 Å². The van der Waals surface area contributed by atoms with Crippen LogP contribution in [0.15, 0.2) is 42.6 Å². The number of aromatic nitrogens is 2. The maximum Gasteiger partial charge on any atom is 0.318 e. The first-order chi connectivity index (χ1) is 14.2. The molecule has 0 spiro atoms. The molecule has 1 saturated carbocycles. The van der Waals surface area contributed by atoms with Crippen molar-refractivity contribution in [3.8, 4) is 6.01 Å². The Kier molecular flexibility index (Phi) is 5.74. The molecular formula is C22H27N5O2. The van der Waals surface area contributed by atoms with Gasteiger partial charge >= 0.3 is 6.01 Å². The molecule has 2 fully saturated rings. The lowest BCUT2D eigenvalue weighted by Crippen LogP contribution is -2.34. The van der Waals surface area contributed by atoms with E-state index >= 15 is 0 Å². The summed E-state index contributed by atoms with van der Waals surface area (Å²) in [5.41, 5.74) is 1.05. The number of nitrogens with one attached hydrogen (secondary N) is 2. The Bertz CT molecular complexity index is 845. The molecule has 1 aromatic carbocycles. The lowest BCUT2D eigenvalue weighted by atomic mass is 10.0. The summed E-state index contributed by atoms with van der Waals surface area (Å²) in [6.07, 6.45) is 5.41. The summed E-state index contributed by atoms with van der Waals surface area (Å²) in [6, 6.07) is 12.1. The van der Waals surface area contributed by atoms with Gasteiger partial charge in [-0.05, 0) is 42.5 Å². The molecule has 1 saturated heterocycles. The predicted molar refractivity (Wildman–Crippen MR) is 111 cm³/mol. The minimum absolute atomic E-state index is 0.0454. The molecule has 1 amide bonds. The third-order valence-electron chi connectivity index (χ3n) is 6.12. The topological polar surface area (TPSA) is 91.2 Å². The Labute approximate surface area is 171 Å². The van der Waals surface area contributed by atoms with Crippen molar-refractivity contribution in [2.24, 2.45) is 17.8 Å². The second-order valence-electron chi connectivity index (χ2n) is 7.91. The SMILES string of the molecule is COc1nccc(N2C[C@H]3CC(C(=O)N[C@H](CC=N)c4ccccc4)C[C@H]3C2)n1. The van der Waals surface area contributed by atoms with Crippen molar-refractivity contribution in [1.82, 2.24) is 15.3 Å². The molecule has 7 nitrogen and oxygen atoms in total. The van der Waals surface area contributed by atoms with E-state index in [1.165, 1.54) is 6.21 Å². The third-order valence-corrected chi connectivity index (χ3v) is 6.12. The van der Waals surface area contributed by atoms with Gasteiger partial charge in [0.15, 0.2) is 0 Å². The van der Waals surface area contributed by atoms with Crippen molar-refractivity contribution in [2.45, 2.75) is 25.3 Å². The average molecular weight is 393 g/mol. The van der Waals surface area contributed by atoms with Crippen molar-refractivity contribution in [2.75, 3.05) is 25.1 Å². The molecule has 1 unspecified atom stereocenters. The molecule has 2 N–H and O–H groups in total. The molecule has 4 atom stereocenters. The van der Waals surface area contributed by atoms with Crippen molar-refractivity contribution in [3.63, 3.8) is 0 Å². The van der Waals surface area contributed by atoms with Gasteiger partial charge in [-0.2, -0.15) is 4.98 Å². The molecule has 2 heterocycles. The van der Waals surface area contributed by atoms with Crippen LogP contribution in [-0.2, 0) is 4.79 Å². The maximum absolute atomic E-state index is 12.9. The fraction of sp³-hybridized carbons (Fsp3) is 0.455. The summed E-state index contributed by atoms with van der Waals surface area (Å²) in [5, 5.41) is 10.7. The number of anilines is 1. The number of carbonyl (C=O) groups is 1. The molecule has 7 heteroatoms. The standard InChI is InChI=1S/C22H27N5O2/c1-29-22-24-10-8-20(26-22)27-13-17-11-16(12-18(17)14-27)21(28)25-19(7-9-23)15-5-3-2-4-6-15/h2-6,8-10,16-19,23H,7,11-14H2,1H3,(H,25,28)/t16?,17-,18+,19-/m1/s1. The first kappa shape index (κ1) is 19.4. The van der Waals surface area contributed by atoms with Crippen LogP contribution < -0.4 is 15.0 Å². The first-order valence-corrected chi connectivity index (χ1v) is 10.1. The second kappa shape index (κ2) is 8.59. The zero-order valence-electron chi connectivity index (χ0n) is 16.6. The van der Waals surface area contributed by atoms with Gasteiger partial charge in [-0.1, -0.05) is 30.3 Å². The van der Waals surface area contributed by atoms with Gasteiger partial charge in [0.1, 0.15) is 5.82 Å². The quantitative estimate of drug-likeness (QED) is 0.706. The van der Waals surface area contributed by atoms with Crippen molar-refractivity contribution < 1.29 is 9.53 Å². The number of fused-ring (bicyclic) bond motifs is 1. The van der Waals surface area contributed by atoms with Crippen LogP contribution in [0.4, 0.5) is 5.82 Å². The lowest BCUT2D eigenvalue weighted by Gasteiger charge is -2.22. The smallest absolute Gasteiger partial charge is 0.318 e. The normalized spacial score (nSPS) is 24.0.